The van der Waals surface area contributed by atoms with Crippen LogP contribution >= 0.6 is 0 Å². The fraction of sp³-hybridized carbons (Fsp3) is 0.444. The van der Waals surface area contributed by atoms with Crippen LogP contribution in [-0.4, -0.2) is 42.0 Å². The van der Waals surface area contributed by atoms with Gasteiger partial charge in [0.2, 0.25) is 0 Å². The van der Waals surface area contributed by atoms with Crippen molar-refractivity contribution in [1.82, 2.24) is 4.90 Å². The van der Waals surface area contributed by atoms with Crippen LogP contribution in [0.15, 0.2) is 35.4 Å². The van der Waals surface area contributed by atoms with Crippen LogP contribution in [0, 0.1) is 5.82 Å². The maximum atomic E-state index is 13.3. The van der Waals surface area contributed by atoms with Gasteiger partial charge >= 0.3 is 5.97 Å². The maximum Gasteiger partial charge on any atom is 0.335 e. The van der Waals surface area contributed by atoms with Crippen molar-refractivity contribution in [3.05, 3.63) is 41.2 Å². The van der Waals surface area contributed by atoms with Crippen molar-refractivity contribution in [2.45, 2.75) is 32.3 Å². The quantitative estimate of drug-likeness (QED) is 0.864. The van der Waals surface area contributed by atoms with Crippen molar-refractivity contribution >= 4 is 17.6 Å². The molecule has 2 aliphatic heterocycles. The maximum absolute atomic E-state index is 13.3. The Kier molecular flexibility index (Phi) is 4.41. The number of amides is 1. The molecule has 1 N–H and O–H groups in total. The minimum atomic E-state index is -0.857. The molecule has 1 saturated heterocycles. The first-order valence-corrected chi connectivity index (χ1v) is 8.19. The molecule has 0 aromatic heterocycles. The summed E-state index contributed by atoms with van der Waals surface area (Å²) in [5, 5.41) is 2.69. The van der Waals surface area contributed by atoms with Crippen LogP contribution in [0.4, 0.5) is 10.1 Å². The summed E-state index contributed by atoms with van der Waals surface area (Å²) in [6.07, 6.45) is 1.19. The van der Waals surface area contributed by atoms with Gasteiger partial charge in [-0.15, -0.1) is 0 Å². The summed E-state index contributed by atoms with van der Waals surface area (Å²) in [7, 11) is 0. The van der Waals surface area contributed by atoms with Gasteiger partial charge in [-0.1, -0.05) is 13.0 Å². The van der Waals surface area contributed by atoms with Crippen LogP contribution in [0.5, 0.6) is 0 Å². The topological polar surface area (TPSA) is 58.6 Å². The van der Waals surface area contributed by atoms with Crippen molar-refractivity contribution in [3.63, 3.8) is 0 Å². The van der Waals surface area contributed by atoms with Gasteiger partial charge in [-0.25, -0.2) is 9.18 Å². The highest BCUT2D eigenvalue weighted by molar-refractivity contribution is 6.12. The van der Waals surface area contributed by atoms with Crippen LogP contribution in [0.25, 0.3) is 0 Å². The van der Waals surface area contributed by atoms with E-state index in [0.29, 0.717) is 29.7 Å². The summed E-state index contributed by atoms with van der Waals surface area (Å²) in [4.78, 5) is 27.1. The molecule has 1 fully saturated rings. The number of likely N-dealkylation sites (tertiary alicyclic amines) is 1. The molecular weight excluding hydrogens is 311 g/mol. The molecule has 3 rings (SSSR count). The third-order valence-corrected chi connectivity index (χ3v) is 4.85. The van der Waals surface area contributed by atoms with Crippen molar-refractivity contribution in [1.29, 1.82) is 0 Å². The van der Waals surface area contributed by atoms with Crippen LogP contribution < -0.4 is 5.32 Å². The van der Waals surface area contributed by atoms with Gasteiger partial charge in [-0.3, -0.25) is 4.79 Å². The summed E-state index contributed by atoms with van der Waals surface area (Å²) in [5.41, 5.74) is 0.228. The Morgan fingerprint density at radius 2 is 2.08 bits per heavy atom. The van der Waals surface area contributed by atoms with Gasteiger partial charge in [0.1, 0.15) is 11.4 Å². The second-order valence-electron chi connectivity index (χ2n) is 6.28. The predicted octanol–water partition coefficient (Wildman–Crippen LogP) is 2.49. The number of hydrogen-bond acceptors (Lipinski definition) is 4. The lowest BCUT2D eigenvalue weighted by Crippen LogP contribution is -2.47. The number of carbonyl (C=O) groups excluding carboxylic acids is 2. The van der Waals surface area contributed by atoms with Crippen LogP contribution in [0.2, 0.25) is 0 Å². The lowest BCUT2D eigenvalue weighted by molar-refractivity contribution is -0.150. The Hall–Kier alpha value is -2.21. The molecule has 2 heterocycles. The third-order valence-electron chi connectivity index (χ3n) is 4.85. The summed E-state index contributed by atoms with van der Waals surface area (Å²) >= 11 is 0. The van der Waals surface area contributed by atoms with E-state index in [0.717, 1.165) is 19.6 Å². The fourth-order valence-electron chi connectivity index (χ4n) is 3.47. The molecule has 24 heavy (non-hydrogen) atoms. The minimum absolute atomic E-state index is 0.342. The van der Waals surface area contributed by atoms with E-state index in [1.54, 1.807) is 13.0 Å². The molecule has 1 spiro atoms. The molecule has 0 unspecified atom stereocenters. The standard InChI is InChI=1S/C18H21FN2O3/c1-3-21-9-7-18(8-10-21)15(12(2)17(23)24-18)16(22)20-14-6-4-5-13(19)11-14/h4-6,11H,3,7-10H2,1-2H3,(H,20,22). The Balaban J connectivity index is 1.85. The first kappa shape index (κ1) is 16.6. The summed E-state index contributed by atoms with van der Waals surface area (Å²) < 4.78 is 18.9. The Morgan fingerprint density at radius 3 is 2.71 bits per heavy atom. The molecule has 0 bridgehead atoms. The number of ether oxygens (including phenoxy) is 1. The molecule has 1 aromatic carbocycles. The highest BCUT2D eigenvalue weighted by atomic mass is 19.1. The number of benzene rings is 1. The summed E-state index contributed by atoms with van der Waals surface area (Å²) in [6.45, 7) is 6.17. The molecule has 0 radical (unpaired) electrons. The molecule has 6 heteroatoms. The number of anilines is 1. The number of nitrogens with one attached hydrogen (secondary N) is 1. The molecule has 1 amide bonds. The average Bonchev–Trinajstić information content (AvgIpc) is 2.79. The van der Waals surface area contributed by atoms with E-state index in [1.165, 1.54) is 18.2 Å². The minimum Gasteiger partial charge on any atom is -0.450 e. The second kappa shape index (κ2) is 6.36. The van der Waals surface area contributed by atoms with Crippen LogP contribution in [0.3, 0.4) is 0 Å². The van der Waals surface area contributed by atoms with Gasteiger partial charge in [0.15, 0.2) is 0 Å². The van der Waals surface area contributed by atoms with Gasteiger partial charge in [-0.2, -0.15) is 0 Å². The summed E-state index contributed by atoms with van der Waals surface area (Å²) in [6, 6.07) is 5.70. The molecule has 0 aliphatic carbocycles. The van der Waals surface area contributed by atoms with E-state index < -0.39 is 23.3 Å². The van der Waals surface area contributed by atoms with Crippen LogP contribution in [-0.2, 0) is 14.3 Å². The predicted molar refractivity (Wildman–Crippen MR) is 87.9 cm³/mol. The number of nitrogens with zero attached hydrogens (tertiary/aromatic N) is 1. The fourth-order valence-corrected chi connectivity index (χ4v) is 3.47. The number of halogens is 1. The molecule has 2 aliphatic rings. The Labute approximate surface area is 140 Å². The largest absolute Gasteiger partial charge is 0.450 e. The molecule has 1 aromatic rings. The lowest BCUT2D eigenvalue weighted by atomic mass is 9.82. The molecule has 5 nitrogen and oxygen atoms in total. The zero-order chi connectivity index (χ0) is 17.3. The van der Waals surface area contributed by atoms with Gasteiger partial charge in [0.25, 0.3) is 5.91 Å². The van der Waals surface area contributed by atoms with E-state index in [9.17, 15) is 14.0 Å². The zero-order valence-electron chi connectivity index (χ0n) is 13.9. The number of hydrogen-bond donors (Lipinski definition) is 1. The van der Waals surface area contributed by atoms with Crippen molar-refractivity contribution in [2.75, 3.05) is 25.0 Å². The van der Waals surface area contributed by atoms with Crippen molar-refractivity contribution < 1.29 is 18.7 Å². The van der Waals surface area contributed by atoms with Gasteiger partial charge < -0.3 is 15.0 Å². The lowest BCUT2D eigenvalue weighted by Gasteiger charge is -2.38. The van der Waals surface area contributed by atoms with Crippen LogP contribution in [0.1, 0.15) is 26.7 Å². The third kappa shape index (κ3) is 2.94. The Morgan fingerprint density at radius 1 is 1.38 bits per heavy atom. The van der Waals surface area contributed by atoms with Gasteiger partial charge in [0.05, 0.1) is 5.57 Å². The monoisotopic (exact) mass is 332 g/mol. The average molecular weight is 332 g/mol. The van der Waals surface area contributed by atoms with E-state index in [4.69, 9.17) is 4.74 Å². The van der Waals surface area contributed by atoms with Gasteiger partial charge in [0, 0.05) is 37.2 Å². The molecule has 0 atom stereocenters. The zero-order valence-corrected chi connectivity index (χ0v) is 13.9. The normalized spacial score (nSPS) is 20.4. The highest BCUT2D eigenvalue weighted by Gasteiger charge is 2.50. The van der Waals surface area contributed by atoms with E-state index in [-0.39, 0.29) is 0 Å². The number of carbonyl (C=O) groups is 2. The highest BCUT2D eigenvalue weighted by Crippen LogP contribution is 2.41. The van der Waals surface area contributed by atoms with Gasteiger partial charge in [-0.05, 0) is 31.7 Å². The van der Waals surface area contributed by atoms with Crippen molar-refractivity contribution in [2.24, 2.45) is 0 Å². The van der Waals surface area contributed by atoms with Crippen molar-refractivity contribution in [3.8, 4) is 0 Å². The number of esters is 1. The molecule has 128 valence electrons. The molecular formula is C18H21FN2O3. The first-order chi connectivity index (χ1) is 11.4. The number of piperidine rings is 1. The Bertz CT molecular complexity index is 706. The number of rotatable bonds is 3. The van der Waals surface area contributed by atoms with E-state index in [2.05, 4.69) is 17.1 Å². The second-order valence-corrected chi connectivity index (χ2v) is 6.28. The summed E-state index contributed by atoms with van der Waals surface area (Å²) in [5.74, 6) is -1.26. The first-order valence-electron chi connectivity index (χ1n) is 8.19. The van der Waals surface area contributed by atoms with E-state index >= 15 is 0 Å². The van der Waals surface area contributed by atoms with E-state index in [1.807, 2.05) is 0 Å². The SMILES string of the molecule is CCN1CCC2(CC1)OC(=O)C(C)=C2C(=O)Nc1cccc(F)c1. The molecule has 0 saturated carbocycles. The smallest absolute Gasteiger partial charge is 0.335 e.